The number of hydrogen-bond donors (Lipinski definition) is 1. The van der Waals surface area contributed by atoms with Gasteiger partial charge in [-0.1, -0.05) is 15.9 Å². The maximum Gasteiger partial charge on any atom is 0.410 e. The molecule has 0 bridgehead atoms. The predicted octanol–water partition coefficient (Wildman–Crippen LogP) is 2.64. The first-order valence-corrected chi connectivity index (χ1v) is 7.09. The quantitative estimate of drug-likeness (QED) is 0.853. The molecular weight excluding hydrogens is 298 g/mol. The number of alkyl halides is 1. The third-order valence-electron chi connectivity index (χ3n) is 2.75. The Hall–Kier alpha value is -1.04. The molecule has 1 aromatic rings. The van der Waals surface area contributed by atoms with E-state index in [4.69, 9.17) is 4.74 Å². The molecule has 18 heavy (non-hydrogen) atoms. The van der Waals surface area contributed by atoms with Crippen molar-refractivity contribution in [3.05, 3.63) is 17.5 Å². The smallest absolute Gasteiger partial charge is 0.410 e. The first kappa shape index (κ1) is 13.4. The van der Waals surface area contributed by atoms with Crippen LogP contribution in [0.1, 0.15) is 38.1 Å². The number of halogens is 1. The molecule has 0 radical (unpaired) electrons. The van der Waals surface area contributed by atoms with Crippen LogP contribution in [-0.4, -0.2) is 39.9 Å². The van der Waals surface area contributed by atoms with E-state index in [2.05, 4.69) is 26.1 Å². The van der Waals surface area contributed by atoms with Gasteiger partial charge < -0.3 is 9.64 Å². The van der Waals surface area contributed by atoms with Crippen LogP contribution in [-0.2, 0) is 10.1 Å². The van der Waals surface area contributed by atoms with Crippen LogP contribution in [0.3, 0.4) is 0 Å². The van der Waals surface area contributed by atoms with Crippen LogP contribution in [0.15, 0.2) is 6.07 Å². The first-order valence-electron chi connectivity index (χ1n) is 5.97. The van der Waals surface area contributed by atoms with Gasteiger partial charge in [-0.05, 0) is 26.8 Å². The number of ether oxygens (including phenoxy) is 1. The summed E-state index contributed by atoms with van der Waals surface area (Å²) in [4.78, 5) is 13.5. The monoisotopic (exact) mass is 315 g/mol. The third kappa shape index (κ3) is 3.04. The molecular formula is C12H18BrN3O2. The Morgan fingerprint density at radius 2 is 2.28 bits per heavy atom. The molecule has 1 aromatic heterocycles. The molecule has 2 heterocycles. The molecule has 1 fully saturated rings. The van der Waals surface area contributed by atoms with Gasteiger partial charge in [0.05, 0.1) is 5.69 Å². The molecule has 5 nitrogen and oxygen atoms in total. The van der Waals surface area contributed by atoms with Crippen LogP contribution in [0.4, 0.5) is 4.79 Å². The molecule has 1 saturated heterocycles. The maximum absolute atomic E-state index is 11.7. The molecule has 100 valence electrons. The third-order valence-corrected chi connectivity index (χ3v) is 3.35. The largest absolute Gasteiger partial charge is 0.444 e. The van der Waals surface area contributed by atoms with E-state index in [1.807, 2.05) is 26.8 Å². The fourth-order valence-corrected chi connectivity index (χ4v) is 2.09. The molecule has 1 N–H and O–H groups in total. The van der Waals surface area contributed by atoms with Crippen molar-refractivity contribution >= 4 is 22.0 Å². The molecule has 0 spiro atoms. The highest BCUT2D eigenvalue weighted by Gasteiger charge is 2.35. The van der Waals surface area contributed by atoms with Crippen molar-refractivity contribution in [1.82, 2.24) is 15.1 Å². The number of rotatable bonds is 2. The van der Waals surface area contributed by atoms with Crippen molar-refractivity contribution in [1.29, 1.82) is 0 Å². The van der Waals surface area contributed by atoms with E-state index in [-0.39, 0.29) is 6.09 Å². The van der Waals surface area contributed by atoms with Gasteiger partial charge in [0.2, 0.25) is 0 Å². The standard InChI is InChI=1S/C12H18BrN3O2/c1-12(2,3)18-11(17)16-6-8(7-16)10-4-9(5-13)14-15-10/h4,8H,5-7H2,1-3H3,(H,14,15). The summed E-state index contributed by atoms with van der Waals surface area (Å²) in [5, 5.41) is 7.97. The number of H-pyrrole nitrogens is 1. The highest BCUT2D eigenvalue weighted by molar-refractivity contribution is 9.08. The molecule has 0 saturated carbocycles. The van der Waals surface area contributed by atoms with Gasteiger partial charge in [-0.25, -0.2) is 4.79 Å². The summed E-state index contributed by atoms with van der Waals surface area (Å²) in [7, 11) is 0. The highest BCUT2D eigenvalue weighted by atomic mass is 79.9. The molecule has 0 aliphatic carbocycles. The summed E-state index contributed by atoms with van der Waals surface area (Å²) < 4.78 is 5.30. The van der Waals surface area contributed by atoms with E-state index in [0.717, 1.165) is 16.7 Å². The minimum atomic E-state index is -0.433. The van der Waals surface area contributed by atoms with Crippen LogP contribution in [0, 0.1) is 0 Å². The zero-order chi connectivity index (χ0) is 13.3. The second-order valence-corrected chi connectivity index (χ2v) is 6.09. The van der Waals surface area contributed by atoms with Crippen LogP contribution >= 0.6 is 15.9 Å². The summed E-state index contributed by atoms with van der Waals surface area (Å²) in [6, 6.07) is 2.03. The lowest BCUT2D eigenvalue weighted by atomic mass is 9.97. The van der Waals surface area contributed by atoms with Gasteiger partial charge in [0.25, 0.3) is 0 Å². The Kier molecular flexibility index (Phi) is 3.66. The van der Waals surface area contributed by atoms with Gasteiger partial charge >= 0.3 is 6.09 Å². The Balaban J connectivity index is 1.85. The Morgan fingerprint density at radius 3 is 2.78 bits per heavy atom. The SMILES string of the molecule is CC(C)(C)OC(=O)N1CC(c2cc(CBr)[nH]n2)C1. The van der Waals surface area contributed by atoms with Crippen molar-refractivity contribution in [2.24, 2.45) is 0 Å². The van der Waals surface area contributed by atoms with E-state index in [1.54, 1.807) is 4.90 Å². The second-order valence-electron chi connectivity index (χ2n) is 5.53. The minimum Gasteiger partial charge on any atom is -0.444 e. The summed E-state index contributed by atoms with van der Waals surface area (Å²) in [5.74, 6) is 0.321. The van der Waals surface area contributed by atoms with Crippen molar-refractivity contribution in [2.75, 3.05) is 13.1 Å². The van der Waals surface area contributed by atoms with E-state index in [0.29, 0.717) is 19.0 Å². The van der Waals surface area contributed by atoms with Crippen molar-refractivity contribution < 1.29 is 9.53 Å². The molecule has 2 rings (SSSR count). The van der Waals surface area contributed by atoms with Crippen LogP contribution in [0.25, 0.3) is 0 Å². The maximum atomic E-state index is 11.7. The highest BCUT2D eigenvalue weighted by Crippen LogP contribution is 2.27. The number of amides is 1. The number of nitrogens with one attached hydrogen (secondary N) is 1. The molecule has 0 unspecified atom stereocenters. The summed E-state index contributed by atoms with van der Waals surface area (Å²) in [5.41, 5.74) is 1.64. The summed E-state index contributed by atoms with van der Waals surface area (Å²) in [6.45, 7) is 6.98. The molecule has 1 amide bonds. The van der Waals surface area contributed by atoms with Gasteiger partial charge in [0.15, 0.2) is 0 Å². The number of nitrogens with zero attached hydrogens (tertiary/aromatic N) is 2. The average Bonchev–Trinajstić information content (AvgIpc) is 2.60. The summed E-state index contributed by atoms with van der Waals surface area (Å²) >= 11 is 3.37. The zero-order valence-corrected chi connectivity index (χ0v) is 12.5. The van der Waals surface area contributed by atoms with Crippen molar-refractivity contribution in [3.8, 4) is 0 Å². The van der Waals surface area contributed by atoms with Gasteiger partial charge in [0.1, 0.15) is 5.60 Å². The molecule has 0 aromatic carbocycles. The number of carbonyl (C=O) groups excluding carboxylic acids is 1. The lowest BCUT2D eigenvalue weighted by Gasteiger charge is -2.38. The van der Waals surface area contributed by atoms with Crippen molar-refractivity contribution in [3.63, 3.8) is 0 Å². The number of aromatic nitrogens is 2. The fourth-order valence-electron chi connectivity index (χ4n) is 1.80. The van der Waals surface area contributed by atoms with Crippen LogP contribution < -0.4 is 0 Å². The van der Waals surface area contributed by atoms with E-state index >= 15 is 0 Å². The summed E-state index contributed by atoms with van der Waals surface area (Å²) in [6.07, 6.45) is -0.241. The topological polar surface area (TPSA) is 58.2 Å². The van der Waals surface area contributed by atoms with E-state index < -0.39 is 5.60 Å². The number of hydrogen-bond acceptors (Lipinski definition) is 3. The number of carbonyl (C=O) groups is 1. The van der Waals surface area contributed by atoms with E-state index in [9.17, 15) is 4.79 Å². The van der Waals surface area contributed by atoms with Crippen LogP contribution in [0.5, 0.6) is 0 Å². The molecule has 1 aliphatic rings. The Labute approximate surface area is 115 Å². The normalized spacial score (nSPS) is 16.6. The number of aromatic amines is 1. The van der Waals surface area contributed by atoms with Crippen LogP contribution in [0.2, 0.25) is 0 Å². The fraction of sp³-hybridized carbons (Fsp3) is 0.667. The lowest BCUT2D eigenvalue weighted by Crippen LogP contribution is -2.50. The molecule has 6 heteroatoms. The Morgan fingerprint density at radius 1 is 1.61 bits per heavy atom. The zero-order valence-electron chi connectivity index (χ0n) is 10.9. The van der Waals surface area contributed by atoms with Gasteiger partial charge in [0, 0.05) is 30.0 Å². The van der Waals surface area contributed by atoms with Gasteiger partial charge in [-0.2, -0.15) is 5.10 Å². The van der Waals surface area contributed by atoms with Gasteiger partial charge in [-0.3, -0.25) is 5.10 Å². The minimum absolute atomic E-state index is 0.241. The molecule has 0 atom stereocenters. The number of likely N-dealkylation sites (tertiary alicyclic amines) is 1. The van der Waals surface area contributed by atoms with Crippen molar-refractivity contribution in [2.45, 2.75) is 37.6 Å². The lowest BCUT2D eigenvalue weighted by molar-refractivity contribution is 0.00787. The second kappa shape index (κ2) is 4.91. The van der Waals surface area contributed by atoms with E-state index in [1.165, 1.54) is 0 Å². The average molecular weight is 316 g/mol. The van der Waals surface area contributed by atoms with Gasteiger partial charge in [-0.15, -0.1) is 0 Å². The first-order chi connectivity index (χ1) is 8.39. The molecule has 1 aliphatic heterocycles. The Bertz CT molecular complexity index is 433. The predicted molar refractivity (Wildman–Crippen MR) is 71.8 cm³/mol.